The summed E-state index contributed by atoms with van der Waals surface area (Å²) < 4.78 is 33.7. The van der Waals surface area contributed by atoms with E-state index in [4.69, 9.17) is 16.3 Å². The predicted molar refractivity (Wildman–Crippen MR) is 127 cm³/mol. The molecule has 1 fully saturated rings. The Balaban J connectivity index is 1.73. The van der Waals surface area contributed by atoms with Crippen molar-refractivity contribution in [2.45, 2.75) is 37.6 Å². The fourth-order valence-corrected chi connectivity index (χ4v) is 5.57. The summed E-state index contributed by atoms with van der Waals surface area (Å²) in [5.74, 6) is 0.696. The van der Waals surface area contributed by atoms with Gasteiger partial charge in [-0.1, -0.05) is 30.7 Å². The van der Waals surface area contributed by atoms with E-state index in [0.29, 0.717) is 11.7 Å². The van der Waals surface area contributed by atoms with Crippen LogP contribution in [0.3, 0.4) is 0 Å². The number of anilines is 1. The molecule has 1 amide bonds. The second kappa shape index (κ2) is 10.6. The zero-order valence-electron chi connectivity index (χ0n) is 18.6. The van der Waals surface area contributed by atoms with Crippen LogP contribution >= 0.6 is 11.6 Å². The Morgan fingerprint density at radius 3 is 2.75 bits per heavy atom. The van der Waals surface area contributed by atoms with Crippen LogP contribution in [-0.4, -0.2) is 52.0 Å². The van der Waals surface area contributed by atoms with Crippen LogP contribution in [0.5, 0.6) is 5.75 Å². The van der Waals surface area contributed by atoms with Gasteiger partial charge in [-0.05, 0) is 62.6 Å². The Kier molecular flexibility index (Phi) is 8.03. The summed E-state index contributed by atoms with van der Waals surface area (Å²) in [5, 5.41) is 2.99. The van der Waals surface area contributed by atoms with Crippen LogP contribution in [0, 0.1) is 5.92 Å². The third-order valence-electron chi connectivity index (χ3n) is 5.48. The van der Waals surface area contributed by atoms with Crippen LogP contribution in [-0.2, 0) is 10.0 Å². The lowest BCUT2D eigenvalue weighted by molar-refractivity contribution is 0.0920. The minimum absolute atomic E-state index is 0.0271. The Labute approximate surface area is 195 Å². The fraction of sp³-hybridized carbons (Fsp3) is 0.435. The Morgan fingerprint density at radius 1 is 1.28 bits per heavy atom. The first-order chi connectivity index (χ1) is 15.2. The van der Waals surface area contributed by atoms with Gasteiger partial charge in [0.25, 0.3) is 15.9 Å². The van der Waals surface area contributed by atoms with Gasteiger partial charge in [-0.2, -0.15) is 0 Å². The summed E-state index contributed by atoms with van der Waals surface area (Å²) in [6.07, 6.45) is 2.40. The first-order valence-electron chi connectivity index (χ1n) is 10.7. The molecule has 2 atom stereocenters. The molecule has 2 unspecified atom stereocenters. The third kappa shape index (κ3) is 6.15. The number of likely N-dealkylation sites (tertiary alicyclic amines) is 1. The molecule has 2 aromatic carbocycles. The molecule has 7 nitrogen and oxygen atoms in total. The highest BCUT2D eigenvalue weighted by atomic mass is 35.5. The van der Waals surface area contributed by atoms with Crippen LogP contribution in [0.4, 0.5) is 5.69 Å². The highest BCUT2D eigenvalue weighted by Crippen LogP contribution is 2.29. The quantitative estimate of drug-likeness (QED) is 0.597. The first-order valence-corrected chi connectivity index (χ1v) is 12.5. The summed E-state index contributed by atoms with van der Waals surface area (Å²) in [6.45, 7) is 7.00. The molecule has 0 bridgehead atoms. The number of halogens is 1. The number of methoxy groups -OCH3 is 1. The zero-order valence-corrected chi connectivity index (χ0v) is 20.2. The summed E-state index contributed by atoms with van der Waals surface area (Å²) in [5.41, 5.74) is 0.513. The molecule has 0 saturated carbocycles. The van der Waals surface area contributed by atoms with E-state index in [0.717, 1.165) is 19.6 Å². The van der Waals surface area contributed by atoms with Gasteiger partial charge >= 0.3 is 0 Å². The summed E-state index contributed by atoms with van der Waals surface area (Å²) in [6, 6.07) is 10.8. The van der Waals surface area contributed by atoms with E-state index in [1.165, 1.54) is 38.2 Å². The molecule has 3 rings (SSSR count). The lowest BCUT2D eigenvalue weighted by Crippen LogP contribution is -2.45. The number of nitrogens with zero attached hydrogens (tertiary/aromatic N) is 1. The van der Waals surface area contributed by atoms with Gasteiger partial charge in [-0.3, -0.25) is 9.52 Å². The number of para-hydroxylation sites is 2. The van der Waals surface area contributed by atoms with Gasteiger partial charge in [0.2, 0.25) is 0 Å². The molecular weight excluding hydrogens is 450 g/mol. The van der Waals surface area contributed by atoms with Gasteiger partial charge in [-0.25, -0.2) is 8.42 Å². The van der Waals surface area contributed by atoms with Crippen molar-refractivity contribution in [1.29, 1.82) is 0 Å². The van der Waals surface area contributed by atoms with E-state index in [-0.39, 0.29) is 33.1 Å². The van der Waals surface area contributed by atoms with E-state index in [2.05, 4.69) is 21.9 Å². The van der Waals surface area contributed by atoms with Crippen molar-refractivity contribution >= 4 is 33.2 Å². The fourth-order valence-electron chi connectivity index (χ4n) is 3.97. The number of sulfonamides is 1. The highest BCUT2D eigenvalue weighted by Gasteiger charge is 2.23. The lowest BCUT2D eigenvalue weighted by Gasteiger charge is -2.32. The molecule has 0 aliphatic carbocycles. The number of nitrogens with one attached hydrogen (secondary N) is 2. The smallest absolute Gasteiger partial charge is 0.263 e. The minimum atomic E-state index is -4.04. The molecule has 32 heavy (non-hydrogen) atoms. The summed E-state index contributed by atoms with van der Waals surface area (Å²) in [7, 11) is -2.58. The van der Waals surface area contributed by atoms with E-state index in [1.807, 2.05) is 6.92 Å². The number of hydrogen-bond donors (Lipinski definition) is 2. The SMILES string of the molecule is COc1ccccc1NS(=O)(=O)c1cc(C(=O)NC(C)CN2CCCC(C)C2)ccc1Cl. The highest BCUT2D eigenvalue weighted by molar-refractivity contribution is 7.92. The Hall–Kier alpha value is -2.29. The van der Waals surface area contributed by atoms with E-state index in [9.17, 15) is 13.2 Å². The van der Waals surface area contributed by atoms with Crippen molar-refractivity contribution in [3.8, 4) is 5.75 Å². The molecule has 2 N–H and O–H groups in total. The van der Waals surface area contributed by atoms with E-state index >= 15 is 0 Å². The Morgan fingerprint density at radius 2 is 2.03 bits per heavy atom. The number of rotatable bonds is 8. The molecule has 1 aliphatic heterocycles. The molecule has 1 aliphatic rings. The second-order valence-corrected chi connectivity index (χ2v) is 10.4. The molecule has 0 radical (unpaired) electrons. The number of carbonyl (C=O) groups excluding carboxylic acids is 1. The van der Waals surface area contributed by atoms with Crippen molar-refractivity contribution in [3.05, 3.63) is 53.1 Å². The van der Waals surface area contributed by atoms with E-state index < -0.39 is 10.0 Å². The van der Waals surface area contributed by atoms with Crippen LogP contribution in [0.15, 0.2) is 47.4 Å². The molecule has 174 valence electrons. The average Bonchev–Trinajstić information content (AvgIpc) is 2.74. The number of carbonyl (C=O) groups is 1. The van der Waals surface area contributed by atoms with Gasteiger partial charge in [0.1, 0.15) is 10.6 Å². The van der Waals surface area contributed by atoms with Gasteiger partial charge in [0.15, 0.2) is 0 Å². The first kappa shape index (κ1) is 24.4. The Bertz CT molecular complexity index is 1060. The molecule has 1 heterocycles. The van der Waals surface area contributed by atoms with Gasteiger partial charge in [-0.15, -0.1) is 0 Å². The van der Waals surface area contributed by atoms with Gasteiger partial charge < -0.3 is 15.0 Å². The minimum Gasteiger partial charge on any atom is -0.495 e. The molecule has 0 spiro atoms. The van der Waals surface area contributed by atoms with Crippen molar-refractivity contribution in [3.63, 3.8) is 0 Å². The number of piperidine rings is 1. The second-order valence-electron chi connectivity index (χ2n) is 8.33. The van der Waals surface area contributed by atoms with Crippen molar-refractivity contribution in [2.75, 3.05) is 31.5 Å². The normalized spacial score (nSPS) is 18.1. The predicted octanol–water partition coefficient (Wildman–Crippen LogP) is 4.00. The van der Waals surface area contributed by atoms with Crippen LogP contribution in [0.25, 0.3) is 0 Å². The largest absolute Gasteiger partial charge is 0.495 e. The maximum Gasteiger partial charge on any atom is 0.263 e. The van der Waals surface area contributed by atoms with Gasteiger partial charge in [0, 0.05) is 24.7 Å². The number of benzene rings is 2. The van der Waals surface area contributed by atoms with Crippen molar-refractivity contribution in [1.82, 2.24) is 10.2 Å². The molecule has 0 aromatic heterocycles. The summed E-state index contributed by atoms with van der Waals surface area (Å²) >= 11 is 6.18. The number of ether oxygens (including phenoxy) is 1. The monoisotopic (exact) mass is 479 g/mol. The standard InChI is InChI=1S/C23H30ClN3O4S/c1-16-7-6-12-27(14-16)15-17(2)25-23(28)18-10-11-19(24)22(13-18)32(29,30)26-20-8-4-5-9-21(20)31-3/h4-5,8-11,13,16-17,26H,6-7,12,14-15H2,1-3H3,(H,25,28). The van der Waals surface area contributed by atoms with Gasteiger partial charge in [0.05, 0.1) is 17.8 Å². The third-order valence-corrected chi connectivity index (χ3v) is 7.33. The van der Waals surface area contributed by atoms with Crippen LogP contribution < -0.4 is 14.8 Å². The van der Waals surface area contributed by atoms with Crippen LogP contribution in [0.2, 0.25) is 5.02 Å². The zero-order chi connectivity index (χ0) is 23.3. The molecule has 9 heteroatoms. The maximum absolute atomic E-state index is 13.0. The lowest BCUT2D eigenvalue weighted by atomic mass is 10.00. The maximum atomic E-state index is 13.0. The topological polar surface area (TPSA) is 87.7 Å². The molecule has 1 saturated heterocycles. The van der Waals surface area contributed by atoms with Crippen LogP contribution in [0.1, 0.15) is 37.0 Å². The molecule has 2 aromatic rings. The molecular formula is C23H30ClN3O4S. The van der Waals surface area contributed by atoms with Crippen molar-refractivity contribution in [2.24, 2.45) is 5.92 Å². The summed E-state index contributed by atoms with van der Waals surface area (Å²) in [4.78, 5) is 15.0. The number of amides is 1. The average molecular weight is 480 g/mol. The van der Waals surface area contributed by atoms with Crippen molar-refractivity contribution < 1.29 is 17.9 Å². The van der Waals surface area contributed by atoms with E-state index in [1.54, 1.807) is 24.3 Å². The number of hydrogen-bond acceptors (Lipinski definition) is 5.